The highest BCUT2D eigenvalue weighted by atomic mass is 19.1. The van der Waals surface area contributed by atoms with Crippen molar-refractivity contribution in [3.8, 4) is 0 Å². The first-order chi connectivity index (χ1) is 12.9. The van der Waals surface area contributed by atoms with Crippen LogP contribution in [0.15, 0.2) is 12.1 Å². The first-order valence-corrected chi connectivity index (χ1v) is 9.47. The number of benzene rings is 1. The number of likely N-dealkylation sites (N-methyl/N-ethyl adjacent to an activating group) is 1. The van der Waals surface area contributed by atoms with Gasteiger partial charge in [0.1, 0.15) is 5.69 Å². The number of nitro groups is 1. The van der Waals surface area contributed by atoms with E-state index in [0.717, 1.165) is 32.2 Å². The molecule has 0 spiro atoms. The lowest BCUT2D eigenvalue weighted by atomic mass is 10.1. The Morgan fingerprint density at radius 1 is 1.11 bits per heavy atom. The lowest BCUT2D eigenvalue weighted by molar-refractivity contribution is -0.880. The number of rotatable bonds is 4. The summed E-state index contributed by atoms with van der Waals surface area (Å²) in [6.07, 6.45) is 0.451. The van der Waals surface area contributed by atoms with Gasteiger partial charge in [-0.05, 0) is 6.07 Å². The topological polar surface area (TPSA) is 74.4 Å². The minimum atomic E-state index is -0.551. The Labute approximate surface area is 158 Å². The van der Waals surface area contributed by atoms with Crippen LogP contribution in [0.3, 0.4) is 0 Å². The molecule has 0 aliphatic carbocycles. The van der Waals surface area contributed by atoms with Gasteiger partial charge in [0.05, 0.1) is 49.9 Å². The summed E-state index contributed by atoms with van der Waals surface area (Å²) in [6, 6.07) is 2.66. The molecule has 0 bridgehead atoms. The number of carbonyl (C=O) groups excluding carboxylic acids is 1. The van der Waals surface area contributed by atoms with Gasteiger partial charge in [0.15, 0.2) is 5.82 Å². The highest BCUT2D eigenvalue weighted by molar-refractivity contribution is 5.76. The van der Waals surface area contributed by atoms with Crippen LogP contribution < -0.4 is 14.7 Å². The van der Waals surface area contributed by atoms with E-state index < -0.39 is 10.7 Å². The maximum absolute atomic E-state index is 14.6. The van der Waals surface area contributed by atoms with Gasteiger partial charge in [-0.1, -0.05) is 6.92 Å². The number of nitro benzene ring substituents is 1. The predicted octanol–water partition coefficient (Wildman–Crippen LogP) is 0.127. The molecule has 1 amide bonds. The molecular weight excluding hydrogens is 353 g/mol. The van der Waals surface area contributed by atoms with E-state index in [9.17, 15) is 19.3 Å². The van der Waals surface area contributed by atoms with E-state index in [2.05, 4.69) is 7.05 Å². The standard InChI is InChI=1S/C18H26FN5O3/c1-3-18(25)23-10-8-22(9-11-23)16-13-15(14(19)12-17(16)24(26)27)21-6-4-20(2)5-7-21/h12-13H,3-11H2,1-2H3/p+1. The van der Waals surface area contributed by atoms with E-state index in [-0.39, 0.29) is 11.6 Å². The van der Waals surface area contributed by atoms with Crippen LogP contribution in [0.1, 0.15) is 13.3 Å². The number of anilines is 2. The Balaban J connectivity index is 1.86. The molecule has 1 aromatic rings. The smallest absolute Gasteiger partial charge is 0.295 e. The van der Waals surface area contributed by atoms with Gasteiger partial charge in [0, 0.05) is 32.6 Å². The van der Waals surface area contributed by atoms with Gasteiger partial charge in [0.2, 0.25) is 5.91 Å². The van der Waals surface area contributed by atoms with E-state index in [4.69, 9.17) is 0 Å². The molecular formula is C18H27FN5O3+. The molecule has 0 saturated carbocycles. The number of hydrogen-bond acceptors (Lipinski definition) is 5. The molecule has 2 fully saturated rings. The number of nitrogens with one attached hydrogen (secondary N) is 1. The van der Waals surface area contributed by atoms with Crippen molar-refractivity contribution >= 4 is 23.0 Å². The van der Waals surface area contributed by atoms with Crippen LogP contribution in [0.5, 0.6) is 0 Å². The first-order valence-electron chi connectivity index (χ1n) is 9.47. The fourth-order valence-corrected chi connectivity index (χ4v) is 3.73. The molecule has 0 aromatic heterocycles. The third kappa shape index (κ3) is 4.13. The Morgan fingerprint density at radius 3 is 2.26 bits per heavy atom. The van der Waals surface area contributed by atoms with Crippen molar-refractivity contribution in [2.45, 2.75) is 13.3 Å². The third-order valence-corrected chi connectivity index (χ3v) is 5.47. The lowest BCUT2D eigenvalue weighted by Crippen LogP contribution is -3.12. The Bertz CT molecular complexity index is 713. The maximum Gasteiger partial charge on any atom is 0.295 e. The second-order valence-corrected chi connectivity index (χ2v) is 7.21. The van der Waals surface area contributed by atoms with Crippen LogP contribution in [0, 0.1) is 15.9 Å². The molecule has 8 nitrogen and oxygen atoms in total. The van der Waals surface area contributed by atoms with Crippen LogP contribution in [0.2, 0.25) is 0 Å². The lowest BCUT2D eigenvalue weighted by Gasteiger charge is -2.37. The van der Waals surface area contributed by atoms with Crippen molar-refractivity contribution in [3.63, 3.8) is 0 Å². The number of amides is 1. The molecule has 2 heterocycles. The molecule has 9 heteroatoms. The van der Waals surface area contributed by atoms with Gasteiger partial charge in [-0.3, -0.25) is 14.9 Å². The summed E-state index contributed by atoms with van der Waals surface area (Å²) in [7, 11) is 2.10. The SMILES string of the molecule is CCC(=O)N1CCN(c2cc(N3CC[NH+](C)CC3)c(F)cc2[N+](=O)[O-])CC1. The number of hydrogen-bond donors (Lipinski definition) is 1. The van der Waals surface area contributed by atoms with E-state index in [1.54, 1.807) is 11.0 Å². The van der Waals surface area contributed by atoms with Crippen molar-refractivity contribution < 1.29 is 19.0 Å². The van der Waals surface area contributed by atoms with E-state index in [0.29, 0.717) is 44.0 Å². The Morgan fingerprint density at radius 2 is 1.70 bits per heavy atom. The summed E-state index contributed by atoms with van der Waals surface area (Å²) in [5.74, 6) is -0.464. The van der Waals surface area contributed by atoms with Crippen molar-refractivity contribution in [2.24, 2.45) is 0 Å². The molecule has 0 unspecified atom stereocenters. The molecule has 2 aliphatic rings. The quantitative estimate of drug-likeness (QED) is 0.594. The molecule has 2 saturated heterocycles. The van der Waals surface area contributed by atoms with Crippen LogP contribution in [0.25, 0.3) is 0 Å². The van der Waals surface area contributed by atoms with E-state index >= 15 is 0 Å². The van der Waals surface area contributed by atoms with E-state index in [1.807, 2.05) is 16.7 Å². The molecule has 2 aliphatic heterocycles. The highest BCUT2D eigenvalue weighted by Crippen LogP contribution is 2.35. The molecule has 0 atom stereocenters. The number of carbonyl (C=O) groups is 1. The third-order valence-electron chi connectivity index (χ3n) is 5.47. The minimum Gasteiger partial charge on any atom is -0.362 e. The van der Waals surface area contributed by atoms with Crippen LogP contribution in [0.4, 0.5) is 21.5 Å². The second kappa shape index (κ2) is 8.08. The van der Waals surface area contributed by atoms with Crippen LogP contribution in [-0.2, 0) is 4.79 Å². The summed E-state index contributed by atoms with van der Waals surface area (Å²) >= 11 is 0. The molecule has 1 N–H and O–H groups in total. The average molecular weight is 380 g/mol. The fourth-order valence-electron chi connectivity index (χ4n) is 3.73. The Hall–Kier alpha value is -2.42. The second-order valence-electron chi connectivity index (χ2n) is 7.21. The van der Waals surface area contributed by atoms with Gasteiger partial charge in [0.25, 0.3) is 5.69 Å². The summed E-state index contributed by atoms with van der Waals surface area (Å²) in [4.78, 5) is 29.9. The number of piperazine rings is 2. The van der Waals surface area contributed by atoms with Gasteiger partial charge in [-0.2, -0.15) is 0 Å². The van der Waals surface area contributed by atoms with Crippen molar-refractivity contribution in [1.82, 2.24) is 4.90 Å². The van der Waals surface area contributed by atoms with Gasteiger partial charge in [-0.25, -0.2) is 4.39 Å². The van der Waals surface area contributed by atoms with Gasteiger partial charge >= 0.3 is 0 Å². The van der Waals surface area contributed by atoms with Crippen molar-refractivity contribution in [2.75, 3.05) is 69.2 Å². The summed E-state index contributed by atoms with van der Waals surface area (Å²) in [6.45, 7) is 7.13. The monoisotopic (exact) mass is 380 g/mol. The van der Waals surface area contributed by atoms with Crippen molar-refractivity contribution in [1.29, 1.82) is 0 Å². The molecule has 27 heavy (non-hydrogen) atoms. The summed E-state index contributed by atoms with van der Waals surface area (Å²) in [5, 5.41) is 11.5. The first kappa shape index (κ1) is 19.3. The Kier molecular flexibility index (Phi) is 5.79. The molecule has 1 aromatic carbocycles. The number of quaternary nitrogens is 1. The zero-order chi connectivity index (χ0) is 19.6. The predicted molar refractivity (Wildman–Crippen MR) is 101 cm³/mol. The van der Waals surface area contributed by atoms with Crippen LogP contribution in [-0.4, -0.2) is 75.1 Å². The van der Waals surface area contributed by atoms with Crippen LogP contribution >= 0.6 is 0 Å². The summed E-state index contributed by atoms with van der Waals surface area (Å²) in [5.41, 5.74) is 0.646. The van der Waals surface area contributed by atoms with Crippen molar-refractivity contribution in [3.05, 3.63) is 28.1 Å². The minimum absolute atomic E-state index is 0.0869. The zero-order valence-corrected chi connectivity index (χ0v) is 15.9. The average Bonchev–Trinajstić information content (AvgIpc) is 2.68. The largest absolute Gasteiger partial charge is 0.362 e. The highest BCUT2D eigenvalue weighted by Gasteiger charge is 2.29. The molecule has 148 valence electrons. The summed E-state index contributed by atoms with van der Waals surface area (Å²) < 4.78 is 14.6. The maximum atomic E-state index is 14.6. The molecule has 3 rings (SSSR count). The molecule has 0 radical (unpaired) electrons. The number of halogens is 1. The number of nitrogens with zero attached hydrogens (tertiary/aromatic N) is 4. The zero-order valence-electron chi connectivity index (χ0n) is 15.9. The van der Waals surface area contributed by atoms with Gasteiger partial charge in [-0.15, -0.1) is 0 Å². The van der Waals surface area contributed by atoms with Gasteiger partial charge < -0.3 is 19.6 Å². The fraction of sp³-hybridized carbons (Fsp3) is 0.611. The normalized spacial score (nSPS) is 18.7. The van der Waals surface area contributed by atoms with E-state index in [1.165, 1.54) is 4.90 Å².